The smallest absolute Gasteiger partial charge is 0.282 e. The summed E-state index contributed by atoms with van der Waals surface area (Å²) >= 11 is 3.30. The molecule has 1 aliphatic rings. The molecule has 1 aliphatic carbocycles. The van der Waals surface area contributed by atoms with Crippen LogP contribution in [0.5, 0.6) is 0 Å². The summed E-state index contributed by atoms with van der Waals surface area (Å²) in [5.74, 6) is -0.216. The number of hydrogen-bond donors (Lipinski definition) is 1. The number of ketones is 1. The predicted octanol–water partition coefficient (Wildman–Crippen LogP) is 5.13. The molecule has 0 aromatic heterocycles. The molecule has 0 spiro atoms. The van der Waals surface area contributed by atoms with Crippen molar-refractivity contribution in [1.29, 1.82) is 0 Å². The van der Waals surface area contributed by atoms with Crippen molar-refractivity contribution in [3.8, 4) is 0 Å². The third kappa shape index (κ3) is 4.13. The Hall–Kier alpha value is -3.03. The van der Waals surface area contributed by atoms with Gasteiger partial charge < -0.3 is 5.32 Å². The Labute approximate surface area is 183 Å². The van der Waals surface area contributed by atoms with Crippen LogP contribution in [-0.2, 0) is 10.0 Å². The lowest BCUT2D eigenvalue weighted by molar-refractivity contribution is 0.103. The first-order valence-electron chi connectivity index (χ1n) is 9.13. The lowest BCUT2D eigenvalue weighted by Gasteiger charge is -2.19. The molecule has 4 rings (SSSR count). The molecule has 0 heterocycles. The zero-order chi connectivity index (χ0) is 21.3. The monoisotopic (exact) mass is 480 g/mol. The molecule has 0 radical (unpaired) electrons. The maximum absolute atomic E-state index is 13.0. The summed E-state index contributed by atoms with van der Waals surface area (Å²) in [5.41, 5.74) is 3.14. The highest BCUT2D eigenvalue weighted by molar-refractivity contribution is 9.10. The fourth-order valence-corrected chi connectivity index (χ4v) is 4.42. The highest BCUT2D eigenvalue weighted by atomic mass is 79.9. The number of Topliss-reactive ketones (excluding diaryl/α,β-unsaturated/α-hetero) is 1. The van der Waals surface area contributed by atoms with Crippen molar-refractivity contribution < 1.29 is 13.2 Å². The Kier molecular flexibility index (Phi) is 5.40. The van der Waals surface area contributed by atoms with Crippen LogP contribution < -0.4 is 5.32 Å². The Morgan fingerprint density at radius 3 is 2.30 bits per heavy atom. The number of hydrogen-bond acceptors (Lipinski definition) is 4. The number of sulfonamides is 1. The van der Waals surface area contributed by atoms with E-state index in [-0.39, 0.29) is 22.1 Å². The maximum atomic E-state index is 13.0. The topological polar surface area (TPSA) is 75.6 Å². The molecular formula is C23H17BrN2O3S. The van der Waals surface area contributed by atoms with Crippen molar-refractivity contribution in [2.24, 2.45) is 4.40 Å². The molecule has 0 saturated carbocycles. The Bertz CT molecular complexity index is 1310. The molecule has 0 atom stereocenters. The second kappa shape index (κ2) is 8.01. The first-order chi connectivity index (χ1) is 14.3. The van der Waals surface area contributed by atoms with Crippen molar-refractivity contribution >= 4 is 43.1 Å². The van der Waals surface area contributed by atoms with E-state index in [0.717, 1.165) is 15.7 Å². The fraction of sp³-hybridized carbons (Fsp3) is 0.0435. The molecule has 150 valence electrons. The second-order valence-electron chi connectivity index (χ2n) is 6.83. The van der Waals surface area contributed by atoms with Gasteiger partial charge in [0.1, 0.15) is 0 Å². The second-order valence-corrected chi connectivity index (χ2v) is 9.35. The summed E-state index contributed by atoms with van der Waals surface area (Å²) in [4.78, 5) is 13.1. The number of fused-ring (bicyclic) bond motifs is 1. The summed E-state index contributed by atoms with van der Waals surface area (Å²) < 4.78 is 30.6. The van der Waals surface area contributed by atoms with Gasteiger partial charge in [0.2, 0.25) is 5.78 Å². The molecule has 0 amide bonds. The number of rotatable bonds is 4. The van der Waals surface area contributed by atoms with Crippen LogP contribution in [0, 0.1) is 6.92 Å². The van der Waals surface area contributed by atoms with E-state index in [1.54, 1.807) is 36.4 Å². The van der Waals surface area contributed by atoms with Crippen LogP contribution in [-0.4, -0.2) is 19.9 Å². The molecule has 0 unspecified atom stereocenters. The summed E-state index contributed by atoms with van der Waals surface area (Å²) in [7, 11) is -3.96. The Morgan fingerprint density at radius 2 is 1.60 bits per heavy atom. The molecule has 0 bridgehead atoms. The molecule has 3 aromatic rings. The number of nitrogens with one attached hydrogen (secondary N) is 1. The quantitative estimate of drug-likeness (QED) is 0.561. The molecule has 30 heavy (non-hydrogen) atoms. The summed E-state index contributed by atoms with van der Waals surface area (Å²) in [6.45, 7) is 1.95. The van der Waals surface area contributed by atoms with E-state index in [0.29, 0.717) is 11.1 Å². The molecule has 0 aliphatic heterocycles. The van der Waals surface area contributed by atoms with E-state index < -0.39 is 10.0 Å². The Balaban J connectivity index is 1.81. The average Bonchev–Trinajstić information content (AvgIpc) is 2.72. The number of carbonyl (C=O) groups excluding carboxylic acids is 1. The number of halogens is 1. The highest BCUT2D eigenvalue weighted by Gasteiger charge is 2.26. The number of allylic oxidation sites excluding steroid dienone is 2. The van der Waals surface area contributed by atoms with E-state index in [9.17, 15) is 13.2 Å². The van der Waals surface area contributed by atoms with Crippen LogP contribution in [0.1, 0.15) is 21.5 Å². The first-order valence-corrected chi connectivity index (χ1v) is 11.4. The van der Waals surface area contributed by atoms with E-state index in [4.69, 9.17) is 0 Å². The SMILES string of the molecule is Cc1cccc(NC2=C/C(=N\S(=O)(=O)c3ccc(Br)cc3)c3ccccc3C2=O)c1. The van der Waals surface area contributed by atoms with Gasteiger partial charge in [0, 0.05) is 21.3 Å². The molecular weight excluding hydrogens is 464 g/mol. The van der Waals surface area contributed by atoms with Gasteiger partial charge in [0.05, 0.1) is 16.3 Å². The van der Waals surface area contributed by atoms with Gasteiger partial charge in [0.25, 0.3) is 10.0 Å². The molecule has 7 heteroatoms. The van der Waals surface area contributed by atoms with Crippen molar-refractivity contribution in [2.75, 3.05) is 5.32 Å². The molecule has 0 fully saturated rings. The van der Waals surface area contributed by atoms with Crippen molar-refractivity contribution in [3.63, 3.8) is 0 Å². The van der Waals surface area contributed by atoms with Gasteiger partial charge in [-0.25, -0.2) is 0 Å². The average molecular weight is 481 g/mol. The molecule has 1 N–H and O–H groups in total. The fourth-order valence-electron chi connectivity index (χ4n) is 3.17. The van der Waals surface area contributed by atoms with Crippen molar-refractivity contribution in [3.05, 3.63) is 106 Å². The minimum atomic E-state index is -3.96. The van der Waals surface area contributed by atoms with Crippen LogP contribution in [0.4, 0.5) is 5.69 Å². The zero-order valence-corrected chi connectivity index (χ0v) is 18.4. The van der Waals surface area contributed by atoms with Gasteiger partial charge in [-0.15, -0.1) is 0 Å². The third-order valence-electron chi connectivity index (χ3n) is 4.60. The molecule has 3 aromatic carbocycles. The molecule has 5 nitrogen and oxygen atoms in total. The normalized spacial score (nSPS) is 14.9. The summed E-state index contributed by atoms with van der Waals surface area (Å²) in [5, 5.41) is 3.11. The number of anilines is 1. The van der Waals surface area contributed by atoms with Crippen LogP contribution in [0.3, 0.4) is 0 Å². The van der Waals surface area contributed by atoms with Crippen molar-refractivity contribution in [1.82, 2.24) is 0 Å². The van der Waals surface area contributed by atoms with Gasteiger partial charge in [0.15, 0.2) is 0 Å². The largest absolute Gasteiger partial charge is 0.352 e. The van der Waals surface area contributed by atoms with Gasteiger partial charge in [-0.1, -0.05) is 52.3 Å². The minimum absolute atomic E-state index is 0.0779. The Morgan fingerprint density at radius 1 is 0.900 bits per heavy atom. The lowest BCUT2D eigenvalue weighted by Crippen LogP contribution is -2.22. The van der Waals surface area contributed by atoms with Crippen LogP contribution in [0.2, 0.25) is 0 Å². The number of nitrogens with zero attached hydrogens (tertiary/aromatic N) is 1. The van der Waals surface area contributed by atoms with Crippen molar-refractivity contribution in [2.45, 2.75) is 11.8 Å². The highest BCUT2D eigenvalue weighted by Crippen LogP contribution is 2.25. The lowest BCUT2D eigenvalue weighted by atomic mass is 9.92. The first kappa shape index (κ1) is 20.3. The summed E-state index contributed by atoms with van der Waals surface area (Å²) in [6.07, 6.45) is 1.49. The van der Waals surface area contributed by atoms with Gasteiger partial charge in [-0.3, -0.25) is 4.79 Å². The van der Waals surface area contributed by atoms with Gasteiger partial charge in [-0.2, -0.15) is 12.8 Å². The number of benzene rings is 3. The number of aryl methyl sites for hydroxylation is 1. The van der Waals surface area contributed by atoms with Gasteiger partial charge >= 0.3 is 0 Å². The van der Waals surface area contributed by atoms with Crippen LogP contribution in [0.25, 0.3) is 0 Å². The summed E-state index contributed by atoms with van der Waals surface area (Å²) in [6, 6.07) is 20.7. The maximum Gasteiger partial charge on any atom is 0.282 e. The molecule has 0 saturated heterocycles. The predicted molar refractivity (Wildman–Crippen MR) is 122 cm³/mol. The van der Waals surface area contributed by atoms with E-state index >= 15 is 0 Å². The van der Waals surface area contributed by atoms with Crippen LogP contribution in [0.15, 0.2) is 98.3 Å². The van der Waals surface area contributed by atoms with Gasteiger partial charge in [-0.05, 0) is 55.0 Å². The third-order valence-corrected chi connectivity index (χ3v) is 6.43. The van der Waals surface area contributed by atoms with Crippen LogP contribution >= 0.6 is 15.9 Å². The van der Waals surface area contributed by atoms with E-state index in [1.165, 1.54) is 18.2 Å². The van der Waals surface area contributed by atoms with E-state index in [1.807, 2.05) is 31.2 Å². The van der Waals surface area contributed by atoms with E-state index in [2.05, 4.69) is 25.6 Å². The standard InChI is InChI=1S/C23H17BrN2O3S/c1-15-5-4-6-17(13-15)25-22-14-21(19-7-2-3-8-20(19)23(22)27)26-30(28,29)18-11-9-16(24)10-12-18/h2-14,25H,1H3/b26-21+. The minimum Gasteiger partial charge on any atom is -0.352 e. The zero-order valence-electron chi connectivity index (χ0n) is 16.0. The number of carbonyl (C=O) groups is 1.